The molecule has 3 aromatic rings. The maximum atomic E-state index is 14.8. The van der Waals surface area contributed by atoms with E-state index in [1.165, 1.54) is 12.3 Å². The molecule has 1 saturated heterocycles. The number of nitrogens with zero attached hydrogens (tertiary/aromatic N) is 3. The van der Waals surface area contributed by atoms with E-state index in [0.717, 1.165) is 13.1 Å². The lowest BCUT2D eigenvalue weighted by molar-refractivity contribution is 0.102. The van der Waals surface area contributed by atoms with Crippen LogP contribution in [-0.4, -0.2) is 41.6 Å². The second-order valence-electron chi connectivity index (χ2n) is 6.88. The maximum Gasteiger partial charge on any atom is 0.261 e. The average molecular weight is 395 g/mol. The van der Waals surface area contributed by atoms with Gasteiger partial charge in [0.1, 0.15) is 11.2 Å². The largest absolute Gasteiger partial charge is 0.352 e. The number of aryl methyl sites for hydroxylation is 1. The highest BCUT2D eigenvalue weighted by atomic mass is 19.1. The van der Waals surface area contributed by atoms with Crippen molar-refractivity contribution in [1.29, 1.82) is 0 Å². The molecular weight excluding hydrogens is 373 g/mol. The van der Waals surface area contributed by atoms with Crippen LogP contribution >= 0.6 is 0 Å². The molecule has 3 heterocycles. The molecule has 7 nitrogen and oxygen atoms in total. The number of halogens is 1. The quantitative estimate of drug-likeness (QED) is 0.708. The lowest BCUT2D eigenvalue weighted by Gasteiger charge is -2.29. The minimum absolute atomic E-state index is 0.0423. The predicted molar refractivity (Wildman–Crippen MR) is 111 cm³/mol. The van der Waals surface area contributed by atoms with Crippen molar-refractivity contribution in [3.05, 3.63) is 64.2 Å². The van der Waals surface area contributed by atoms with Crippen molar-refractivity contribution in [2.24, 2.45) is 0 Å². The average Bonchev–Trinajstić information content (AvgIpc) is 2.75. The minimum atomic E-state index is -0.556. The third kappa shape index (κ3) is 3.71. The first-order valence-corrected chi connectivity index (χ1v) is 9.64. The molecule has 0 atom stereocenters. The Morgan fingerprint density at radius 3 is 2.66 bits per heavy atom. The predicted octanol–water partition coefficient (Wildman–Crippen LogP) is 2.22. The van der Waals surface area contributed by atoms with Gasteiger partial charge in [0.05, 0.1) is 5.39 Å². The molecule has 1 amide bonds. The van der Waals surface area contributed by atoms with Gasteiger partial charge in [-0.05, 0) is 25.1 Å². The number of nitrogens with one attached hydrogen (secondary N) is 2. The van der Waals surface area contributed by atoms with Crippen molar-refractivity contribution in [1.82, 2.24) is 14.9 Å². The van der Waals surface area contributed by atoms with Gasteiger partial charge >= 0.3 is 0 Å². The fourth-order valence-corrected chi connectivity index (χ4v) is 3.50. The van der Waals surface area contributed by atoms with Gasteiger partial charge in [-0.15, -0.1) is 0 Å². The number of para-hydroxylation sites is 1. The van der Waals surface area contributed by atoms with Crippen LogP contribution in [0.25, 0.3) is 11.0 Å². The van der Waals surface area contributed by atoms with Gasteiger partial charge in [0.15, 0.2) is 11.6 Å². The normalized spacial score (nSPS) is 14.2. The van der Waals surface area contributed by atoms with E-state index in [2.05, 4.69) is 15.6 Å². The summed E-state index contributed by atoms with van der Waals surface area (Å²) in [6.07, 6.45) is 1.50. The minimum Gasteiger partial charge on any atom is -0.352 e. The monoisotopic (exact) mass is 395 g/mol. The molecule has 2 aromatic heterocycles. The van der Waals surface area contributed by atoms with Crippen LogP contribution in [0.2, 0.25) is 0 Å². The second kappa shape index (κ2) is 8.00. The number of benzene rings is 1. The van der Waals surface area contributed by atoms with Crippen LogP contribution in [0.15, 0.2) is 47.4 Å². The standard InChI is InChI=1S/C21H22FN5O2/c1-2-26-13-16(21(29)24-14-6-4-3-5-7-14)18(28)15-12-17(22)20(25-19(15)26)27-10-8-23-9-11-27/h3-7,12-13,23H,2,8-11H2,1H3,(H,24,29). The molecular formula is C21H22FN5O2. The van der Waals surface area contributed by atoms with Crippen molar-refractivity contribution in [2.75, 3.05) is 36.4 Å². The highest BCUT2D eigenvalue weighted by molar-refractivity contribution is 6.05. The molecule has 2 N–H and O–H groups in total. The third-order valence-corrected chi connectivity index (χ3v) is 5.02. The van der Waals surface area contributed by atoms with Crippen LogP contribution in [0.5, 0.6) is 0 Å². The fourth-order valence-electron chi connectivity index (χ4n) is 3.50. The molecule has 1 aromatic carbocycles. The van der Waals surface area contributed by atoms with E-state index < -0.39 is 17.2 Å². The molecule has 8 heteroatoms. The van der Waals surface area contributed by atoms with Crippen molar-refractivity contribution in [2.45, 2.75) is 13.5 Å². The highest BCUT2D eigenvalue weighted by Crippen LogP contribution is 2.22. The molecule has 29 heavy (non-hydrogen) atoms. The third-order valence-electron chi connectivity index (χ3n) is 5.02. The zero-order chi connectivity index (χ0) is 20.4. The Morgan fingerprint density at radius 1 is 1.24 bits per heavy atom. The van der Waals surface area contributed by atoms with E-state index >= 15 is 0 Å². The number of carbonyl (C=O) groups excluding carboxylic acids is 1. The molecule has 150 valence electrons. The zero-order valence-electron chi connectivity index (χ0n) is 16.1. The topological polar surface area (TPSA) is 79.3 Å². The van der Waals surface area contributed by atoms with E-state index in [1.807, 2.05) is 17.9 Å². The molecule has 4 rings (SSSR count). The zero-order valence-corrected chi connectivity index (χ0v) is 16.1. The summed E-state index contributed by atoms with van der Waals surface area (Å²) in [6, 6.07) is 10.1. The Morgan fingerprint density at radius 2 is 1.97 bits per heavy atom. The van der Waals surface area contributed by atoms with E-state index in [4.69, 9.17) is 0 Å². The summed E-state index contributed by atoms with van der Waals surface area (Å²) in [5, 5.41) is 6.03. The van der Waals surface area contributed by atoms with Crippen molar-refractivity contribution >= 4 is 28.4 Å². The Balaban J connectivity index is 1.79. The molecule has 1 aliphatic rings. The van der Waals surface area contributed by atoms with Crippen LogP contribution < -0.4 is 21.0 Å². The van der Waals surface area contributed by atoms with Crippen molar-refractivity contribution < 1.29 is 9.18 Å². The van der Waals surface area contributed by atoms with Gasteiger partial charge in [0.25, 0.3) is 5.91 Å². The number of carbonyl (C=O) groups is 1. The number of rotatable bonds is 4. The first kappa shape index (κ1) is 19.1. The summed E-state index contributed by atoms with van der Waals surface area (Å²) < 4.78 is 16.5. The summed E-state index contributed by atoms with van der Waals surface area (Å²) in [6.45, 7) is 5.16. The molecule has 0 aliphatic carbocycles. The number of piperazine rings is 1. The Kier molecular flexibility index (Phi) is 5.26. The number of hydrogen-bond acceptors (Lipinski definition) is 5. The number of pyridine rings is 2. The van der Waals surface area contributed by atoms with Crippen molar-refractivity contribution in [3.63, 3.8) is 0 Å². The Hall–Kier alpha value is -3.26. The summed E-state index contributed by atoms with van der Waals surface area (Å²) in [4.78, 5) is 32.0. The van der Waals surface area contributed by atoms with Gasteiger partial charge in [-0.25, -0.2) is 9.37 Å². The molecule has 1 aliphatic heterocycles. The number of anilines is 2. The van der Waals surface area contributed by atoms with E-state index in [9.17, 15) is 14.0 Å². The SMILES string of the molecule is CCn1cc(C(=O)Nc2ccccc2)c(=O)c2cc(F)c(N3CCNCC3)nc21. The van der Waals surface area contributed by atoms with E-state index in [0.29, 0.717) is 31.0 Å². The van der Waals surface area contributed by atoms with Gasteiger partial charge in [0.2, 0.25) is 5.43 Å². The summed E-state index contributed by atoms with van der Waals surface area (Å²) in [5.41, 5.74) is 0.387. The lowest BCUT2D eigenvalue weighted by Crippen LogP contribution is -2.44. The molecule has 0 saturated carbocycles. The highest BCUT2D eigenvalue weighted by Gasteiger charge is 2.21. The van der Waals surface area contributed by atoms with Crippen LogP contribution in [0.3, 0.4) is 0 Å². The van der Waals surface area contributed by atoms with Crippen LogP contribution in [0, 0.1) is 5.82 Å². The summed E-state index contributed by atoms with van der Waals surface area (Å²) in [7, 11) is 0. The van der Waals surface area contributed by atoms with Crippen LogP contribution in [0.1, 0.15) is 17.3 Å². The van der Waals surface area contributed by atoms with Gasteiger partial charge in [0, 0.05) is 44.6 Å². The van der Waals surface area contributed by atoms with Crippen molar-refractivity contribution in [3.8, 4) is 0 Å². The number of amides is 1. The molecule has 0 radical (unpaired) electrons. The molecule has 0 spiro atoms. The Bertz CT molecular complexity index is 1110. The van der Waals surface area contributed by atoms with E-state index in [1.54, 1.807) is 28.8 Å². The van der Waals surface area contributed by atoms with Gasteiger partial charge < -0.3 is 20.1 Å². The van der Waals surface area contributed by atoms with Gasteiger partial charge in [-0.3, -0.25) is 9.59 Å². The first-order valence-electron chi connectivity index (χ1n) is 9.64. The van der Waals surface area contributed by atoms with Crippen LogP contribution in [-0.2, 0) is 6.54 Å². The lowest BCUT2D eigenvalue weighted by atomic mass is 10.1. The second-order valence-corrected chi connectivity index (χ2v) is 6.88. The summed E-state index contributed by atoms with van der Waals surface area (Å²) in [5.74, 6) is -0.848. The Labute approximate surface area is 167 Å². The maximum absolute atomic E-state index is 14.8. The molecule has 0 unspecified atom stereocenters. The molecule has 0 bridgehead atoms. The smallest absolute Gasteiger partial charge is 0.261 e. The van der Waals surface area contributed by atoms with Gasteiger partial charge in [-0.2, -0.15) is 0 Å². The van der Waals surface area contributed by atoms with E-state index in [-0.39, 0.29) is 16.8 Å². The number of aromatic nitrogens is 2. The molecule has 1 fully saturated rings. The summed E-state index contributed by atoms with van der Waals surface area (Å²) >= 11 is 0. The number of fused-ring (bicyclic) bond motifs is 1. The number of hydrogen-bond donors (Lipinski definition) is 2. The first-order chi connectivity index (χ1) is 14.1. The van der Waals surface area contributed by atoms with Crippen LogP contribution in [0.4, 0.5) is 15.9 Å². The fraction of sp³-hybridized carbons (Fsp3) is 0.286. The van der Waals surface area contributed by atoms with Gasteiger partial charge in [-0.1, -0.05) is 18.2 Å².